The summed E-state index contributed by atoms with van der Waals surface area (Å²) in [6, 6.07) is 3.99. The molecule has 1 amide bonds. The lowest BCUT2D eigenvalue weighted by molar-refractivity contribution is -0.173. The first-order chi connectivity index (χ1) is 9.29. The molecule has 0 saturated heterocycles. The molecule has 1 aromatic rings. The van der Waals surface area contributed by atoms with Gasteiger partial charge in [-0.05, 0) is 24.6 Å². The van der Waals surface area contributed by atoms with Crippen molar-refractivity contribution in [1.29, 1.82) is 0 Å². The Bertz CT molecular complexity index is 465. The Morgan fingerprint density at radius 1 is 1.35 bits per heavy atom. The minimum absolute atomic E-state index is 0.103. The van der Waals surface area contributed by atoms with E-state index in [1.165, 1.54) is 12.1 Å². The summed E-state index contributed by atoms with van der Waals surface area (Å²) in [7, 11) is 0. The summed E-state index contributed by atoms with van der Waals surface area (Å²) in [6.45, 7) is -1.35. The molecule has 0 heterocycles. The Labute approximate surface area is 121 Å². The van der Waals surface area contributed by atoms with Crippen LogP contribution in [0.5, 0.6) is 0 Å². The van der Waals surface area contributed by atoms with Gasteiger partial charge in [0.1, 0.15) is 12.4 Å². The number of hydrogen-bond donors (Lipinski definition) is 1. The molecule has 20 heavy (non-hydrogen) atoms. The Hall–Kier alpha value is -1.15. The van der Waals surface area contributed by atoms with Gasteiger partial charge in [0, 0.05) is 17.6 Å². The lowest BCUT2D eigenvalue weighted by Crippen LogP contribution is -2.26. The Morgan fingerprint density at radius 3 is 2.65 bits per heavy atom. The van der Waals surface area contributed by atoms with Gasteiger partial charge in [0.05, 0.1) is 5.56 Å². The van der Waals surface area contributed by atoms with Gasteiger partial charge >= 0.3 is 6.18 Å². The molecule has 0 aliphatic rings. The highest BCUT2D eigenvalue weighted by atomic mass is 79.9. The zero-order chi connectivity index (χ0) is 15.2. The zero-order valence-electron chi connectivity index (χ0n) is 10.3. The molecule has 0 radical (unpaired) electrons. The van der Waals surface area contributed by atoms with Gasteiger partial charge in [0.2, 0.25) is 0 Å². The van der Waals surface area contributed by atoms with Crippen molar-refractivity contribution in [3.05, 3.63) is 34.1 Å². The Kier molecular flexibility index (Phi) is 6.41. The molecule has 1 rings (SSSR count). The van der Waals surface area contributed by atoms with Crippen molar-refractivity contribution in [2.75, 3.05) is 19.8 Å². The molecule has 0 spiro atoms. The average Bonchev–Trinajstić information content (AvgIpc) is 2.32. The van der Waals surface area contributed by atoms with Crippen LogP contribution in [0.4, 0.5) is 17.6 Å². The topological polar surface area (TPSA) is 38.3 Å². The monoisotopic (exact) mass is 357 g/mol. The van der Waals surface area contributed by atoms with Crippen molar-refractivity contribution in [3.63, 3.8) is 0 Å². The second kappa shape index (κ2) is 7.58. The normalized spacial score (nSPS) is 11.4. The van der Waals surface area contributed by atoms with Crippen molar-refractivity contribution in [3.8, 4) is 0 Å². The number of amides is 1. The molecule has 1 aromatic carbocycles. The standard InChI is InChI=1S/C12H12BrF4NO2/c13-8-2-3-9(10(14)6-8)11(19)18-4-1-5-20-7-12(15,16)17/h2-3,6H,1,4-5,7H2,(H,18,19). The number of hydrogen-bond acceptors (Lipinski definition) is 2. The molecule has 0 aliphatic carbocycles. The Balaban J connectivity index is 2.27. The fourth-order valence-electron chi connectivity index (χ4n) is 1.33. The van der Waals surface area contributed by atoms with Crippen molar-refractivity contribution >= 4 is 21.8 Å². The van der Waals surface area contributed by atoms with E-state index in [-0.39, 0.29) is 25.1 Å². The number of benzene rings is 1. The number of carbonyl (C=O) groups excluding carboxylic acids is 1. The van der Waals surface area contributed by atoms with Crippen LogP contribution in [-0.4, -0.2) is 31.8 Å². The van der Waals surface area contributed by atoms with Crippen LogP contribution in [0.2, 0.25) is 0 Å². The fraction of sp³-hybridized carbons (Fsp3) is 0.417. The second-order valence-electron chi connectivity index (χ2n) is 3.90. The Morgan fingerprint density at radius 2 is 2.05 bits per heavy atom. The molecule has 0 aromatic heterocycles. The van der Waals surface area contributed by atoms with E-state index < -0.39 is 24.5 Å². The van der Waals surface area contributed by atoms with Gasteiger partial charge in [-0.25, -0.2) is 4.39 Å². The smallest absolute Gasteiger partial charge is 0.372 e. The van der Waals surface area contributed by atoms with E-state index in [0.29, 0.717) is 4.47 Å². The average molecular weight is 358 g/mol. The van der Waals surface area contributed by atoms with Crippen LogP contribution in [0.15, 0.2) is 22.7 Å². The molecule has 8 heteroatoms. The van der Waals surface area contributed by atoms with E-state index in [1.807, 2.05) is 0 Å². The lowest BCUT2D eigenvalue weighted by Gasteiger charge is -2.08. The van der Waals surface area contributed by atoms with Crippen LogP contribution in [-0.2, 0) is 4.74 Å². The molecule has 1 N–H and O–H groups in total. The van der Waals surface area contributed by atoms with Gasteiger partial charge in [-0.15, -0.1) is 0 Å². The minimum Gasteiger partial charge on any atom is -0.372 e. The quantitative estimate of drug-likeness (QED) is 0.626. The maximum absolute atomic E-state index is 13.4. The van der Waals surface area contributed by atoms with Crippen LogP contribution < -0.4 is 5.32 Å². The molecule has 3 nitrogen and oxygen atoms in total. The lowest BCUT2D eigenvalue weighted by atomic mass is 10.2. The van der Waals surface area contributed by atoms with Crippen LogP contribution >= 0.6 is 15.9 Å². The number of ether oxygens (including phenoxy) is 1. The van der Waals surface area contributed by atoms with Crippen molar-refractivity contribution in [1.82, 2.24) is 5.32 Å². The summed E-state index contributed by atoms with van der Waals surface area (Å²) < 4.78 is 53.6. The molecule has 0 saturated carbocycles. The van der Waals surface area contributed by atoms with Gasteiger partial charge in [-0.3, -0.25) is 4.79 Å². The van der Waals surface area contributed by atoms with Gasteiger partial charge in [0.25, 0.3) is 5.91 Å². The molecular formula is C12H12BrF4NO2. The molecule has 0 aliphatic heterocycles. The highest BCUT2D eigenvalue weighted by Crippen LogP contribution is 2.15. The zero-order valence-corrected chi connectivity index (χ0v) is 11.9. The summed E-state index contributed by atoms with van der Waals surface area (Å²) in [4.78, 5) is 11.6. The van der Waals surface area contributed by atoms with Crippen molar-refractivity contribution in [2.24, 2.45) is 0 Å². The van der Waals surface area contributed by atoms with Crippen molar-refractivity contribution in [2.45, 2.75) is 12.6 Å². The van der Waals surface area contributed by atoms with E-state index in [2.05, 4.69) is 26.0 Å². The van der Waals surface area contributed by atoms with E-state index in [4.69, 9.17) is 0 Å². The first kappa shape index (κ1) is 16.9. The van der Waals surface area contributed by atoms with E-state index >= 15 is 0 Å². The van der Waals surface area contributed by atoms with Crippen LogP contribution in [0, 0.1) is 5.82 Å². The minimum atomic E-state index is -4.36. The number of halogens is 5. The van der Waals surface area contributed by atoms with E-state index in [9.17, 15) is 22.4 Å². The summed E-state index contributed by atoms with van der Waals surface area (Å²) in [5.41, 5.74) is -0.121. The molecule has 0 atom stereocenters. The molecule has 0 unspecified atom stereocenters. The third-order valence-electron chi connectivity index (χ3n) is 2.19. The van der Waals surface area contributed by atoms with Gasteiger partial charge in [0.15, 0.2) is 0 Å². The molecular weight excluding hydrogens is 346 g/mol. The third-order valence-corrected chi connectivity index (χ3v) is 2.69. The second-order valence-corrected chi connectivity index (χ2v) is 4.82. The molecule has 112 valence electrons. The number of alkyl halides is 3. The first-order valence-corrected chi connectivity index (χ1v) is 6.46. The summed E-state index contributed by atoms with van der Waals surface area (Å²) >= 11 is 3.06. The maximum atomic E-state index is 13.4. The van der Waals surface area contributed by atoms with E-state index in [1.54, 1.807) is 0 Å². The summed E-state index contributed by atoms with van der Waals surface area (Å²) in [5.74, 6) is -1.30. The van der Waals surface area contributed by atoms with Gasteiger partial charge in [-0.1, -0.05) is 15.9 Å². The van der Waals surface area contributed by atoms with E-state index in [0.717, 1.165) is 6.07 Å². The van der Waals surface area contributed by atoms with Crippen LogP contribution in [0.1, 0.15) is 16.8 Å². The van der Waals surface area contributed by atoms with Crippen molar-refractivity contribution < 1.29 is 27.1 Å². The predicted molar refractivity (Wildman–Crippen MR) is 67.9 cm³/mol. The van der Waals surface area contributed by atoms with Crippen LogP contribution in [0.25, 0.3) is 0 Å². The highest BCUT2D eigenvalue weighted by Gasteiger charge is 2.27. The summed E-state index contributed by atoms with van der Waals surface area (Å²) in [5, 5.41) is 2.40. The van der Waals surface area contributed by atoms with Crippen LogP contribution in [0.3, 0.4) is 0 Å². The number of nitrogens with one attached hydrogen (secondary N) is 1. The third kappa shape index (κ3) is 6.33. The van der Waals surface area contributed by atoms with Gasteiger partial charge in [-0.2, -0.15) is 13.2 Å². The SMILES string of the molecule is O=C(NCCCOCC(F)(F)F)c1ccc(Br)cc1F. The largest absolute Gasteiger partial charge is 0.411 e. The molecule has 0 fully saturated rings. The molecule has 0 bridgehead atoms. The first-order valence-electron chi connectivity index (χ1n) is 5.67. The maximum Gasteiger partial charge on any atom is 0.411 e. The summed E-state index contributed by atoms with van der Waals surface area (Å²) in [6.07, 6.45) is -4.15. The highest BCUT2D eigenvalue weighted by molar-refractivity contribution is 9.10. The predicted octanol–water partition coefficient (Wildman–Crippen LogP) is 3.29. The number of rotatable bonds is 6. The van der Waals surface area contributed by atoms with Gasteiger partial charge < -0.3 is 10.1 Å². The fourth-order valence-corrected chi connectivity index (χ4v) is 1.67. The number of carbonyl (C=O) groups is 1.